The van der Waals surface area contributed by atoms with Crippen LogP contribution < -0.4 is 16.4 Å². The lowest BCUT2D eigenvalue weighted by Crippen LogP contribution is -2.17. The summed E-state index contributed by atoms with van der Waals surface area (Å²) < 4.78 is 0. The molecule has 2 aliphatic carbocycles. The summed E-state index contributed by atoms with van der Waals surface area (Å²) in [5.74, 6) is 0.461. The molecule has 2 unspecified atom stereocenters. The zero-order chi connectivity index (χ0) is 22.4. The van der Waals surface area contributed by atoms with E-state index in [9.17, 15) is 9.59 Å². The number of hydrogen-bond acceptors (Lipinski definition) is 3. The van der Waals surface area contributed by atoms with Crippen LogP contribution in [0.4, 0.5) is 11.4 Å². The summed E-state index contributed by atoms with van der Waals surface area (Å²) in [6.45, 7) is 8.96. The molecule has 2 aromatic carbocycles. The first-order valence-electron chi connectivity index (χ1n) is 11.1. The molecule has 0 bridgehead atoms. The van der Waals surface area contributed by atoms with Crippen molar-refractivity contribution < 1.29 is 9.59 Å². The van der Waals surface area contributed by atoms with Gasteiger partial charge in [0.2, 0.25) is 11.8 Å². The summed E-state index contributed by atoms with van der Waals surface area (Å²) in [5, 5.41) is 6.04. The van der Waals surface area contributed by atoms with Gasteiger partial charge in [-0.25, -0.2) is 0 Å². The second kappa shape index (κ2) is 7.79. The Kier molecular flexibility index (Phi) is 5.42. The number of carbonyl (C=O) groups is 2. The molecule has 5 nitrogen and oxygen atoms in total. The smallest absolute Gasteiger partial charge is 0.228 e. The minimum absolute atomic E-state index is 0.0548. The van der Waals surface area contributed by atoms with Gasteiger partial charge in [-0.05, 0) is 59.1 Å². The van der Waals surface area contributed by atoms with Crippen LogP contribution in [0.25, 0.3) is 0 Å². The largest absolute Gasteiger partial charge is 0.330 e. The van der Waals surface area contributed by atoms with E-state index in [0.717, 1.165) is 35.3 Å². The molecule has 0 saturated heterocycles. The fraction of sp³-hybridized carbons (Fsp3) is 0.462. The maximum atomic E-state index is 12.3. The maximum Gasteiger partial charge on any atom is 0.228 e. The Morgan fingerprint density at radius 2 is 1.13 bits per heavy atom. The third-order valence-corrected chi connectivity index (χ3v) is 7.06. The van der Waals surface area contributed by atoms with Crippen LogP contribution in [0, 0.1) is 22.7 Å². The first kappa shape index (κ1) is 21.6. The molecule has 0 radical (unpaired) electrons. The Labute approximate surface area is 184 Å². The molecule has 0 aliphatic heterocycles. The molecular weight excluding hydrogens is 386 g/mol. The van der Waals surface area contributed by atoms with Crippen molar-refractivity contribution in [2.45, 2.75) is 46.5 Å². The summed E-state index contributed by atoms with van der Waals surface area (Å²) in [6.07, 6.45) is 1.89. The van der Waals surface area contributed by atoms with Crippen molar-refractivity contribution >= 4 is 23.2 Å². The summed E-state index contributed by atoms with van der Waals surface area (Å²) >= 11 is 0. The van der Waals surface area contributed by atoms with E-state index in [1.165, 1.54) is 0 Å². The standard InChI is InChI=1S/C26H33N3O2/c1-25(2)13-21(25)23(30)28-18-9-5-16(6-10-18)20(15-27)17-7-11-19(12-8-17)29-24(31)22-14-26(22,3)4/h5-12,20-22H,13-15,27H2,1-4H3,(H,28,30)(H,29,31). The Balaban J connectivity index is 1.39. The summed E-state index contributed by atoms with van der Waals surface area (Å²) in [6, 6.07) is 15.9. The van der Waals surface area contributed by atoms with Crippen LogP contribution >= 0.6 is 0 Å². The van der Waals surface area contributed by atoms with Gasteiger partial charge in [0.15, 0.2) is 0 Å². The lowest BCUT2D eigenvalue weighted by molar-refractivity contribution is -0.118. The molecular formula is C26H33N3O2. The quantitative estimate of drug-likeness (QED) is 0.606. The predicted octanol–water partition coefficient (Wildman–Crippen LogP) is 4.75. The molecule has 2 saturated carbocycles. The number of hydrogen-bond donors (Lipinski definition) is 3. The summed E-state index contributed by atoms with van der Waals surface area (Å²) in [4.78, 5) is 24.6. The van der Waals surface area contributed by atoms with E-state index in [4.69, 9.17) is 5.73 Å². The molecule has 2 atom stereocenters. The van der Waals surface area contributed by atoms with E-state index in [1.807, 2.05) is 48.5 Å². The summed E-state index contributed by atoms with van der Waals surface area (Å²) in [7, 11) is 0. The highest BCUT2D eigenvalue weighted by atomic mass is 16.2. The van der Waals surface area contributed by atoms with Gasteiger partial charge in [-0.2, -0.15) is 0 Å². The van der Waals surface area contributed by atoms with Crippen molar-refractivity contribution in [1.29, 1.82) is 0 Å². The average molecular weight is 420 g/mol. The normalized spacial score (nSPS) is 23.5. The Morgan fingerprint density at radius 1 is 0.806 bits per heavy atom. The second-order valence-electron chi connectivity index (χ2n) is 10.5. The van der Waals surface area contributed by atoms with Gasteiger partial charge in [-0.3, -0.25) is 9.59 Å². The number of nitrogens with two attached hydrogens (primary N) is 1. The van der Waals surface area contributed by atoms with Gasteiger partial charge in [0, 0.05) is 35.7 Å². The van der Waals surface area contributed by atoms with E-state index in [2.05, 4.69) is 38.3 Å². The molecule has 2 fully saturated rings. The minimum atomic E-state index is 0.0548. The molecule has 4 rings (SSSR count). The topological polar surface area (TPSA) is 84.2 Å². The Morgan fingerprint density at radius 3 is 1.39 bits per heavy atom. The van der Waals surface area contributed by atoms with Crippen LogP contribution in [0.5, 0.6) is 0 Å². The molecule has 5 heteroatoms. The highest BCUT2D eigenvalue weighted by Crippen LogP contribution is 2.52. The van der Waals surface area contributed by atoms with Gasteiger partial charge in [0.05, 0.1) is 0 Å². The Bertz CT molecular complexity index is 897. The van der Waals surface area contributed by atoms with E-state index in [0.29, 0.717) is 6.54 Å². The third-order valence-electron chi connectivity index (χ3n) is 7.06. The van der Waals surface area contributed by atoms with Gasteiger partial charge >= 0.3 is 0 Å². The van der Waals surface area contributed by atoms with Gasteiger partial charge in [-0.15, -0.1) is 0 Å². The van der Waals surface area contributed by atoms with Crippen LogP contribution in [-0.2, 0) is 9.59 Å². The zero-order valence-corrected chi connectivity index (χ0v) is 18.9. The number of carbonyl (C=O) groups excluding carboxylic acids is 2. The maximum absolute atomic E-state index is 12.3. The van der Waals surface area contributed by atoms with Gasteiger partial charge in [0.1, 0.15) is 0 Å². The molecule has 2 aromatic rings. The van der Waals surface area contributed by atoms with Crippen LogP contribution in [0.1, 0.15) is 57.6 Å². The zero-order valence-electron chi connectivity index (χ0n) is 18.9. The first-order valence-corrected chi connectivity index (χ1v) is 11.1. The fourth-order valence-corrected chi connectivity index (χ4v) is 4.35. The van der Waals surface area contributed by atoms with Crippen molar-refractivity contribution in [1.82, 2.24) is 0 Å². The van der Waals surface area contributed by atoms with E-state index in [1.54, 1.807) is 0 Å². The second-order valence-corrected chi connectivity index (χ2v) is 10.5. The number of nitrogens with one attached hydrogen (secondary N) is 2. The number of amides is 2. The molecule has 2 amide bonds. The molecule has 164 valence electrons. The van der Waals surface area contributed by atoms with Crippen molar-refractivity contribution in [3.63, 3.8) is 0 Å². The molecule has 2 aliphatic rings. The third kappa shape index (κ3) is 4.67. The van der Waals surface area contributed by atoms with Crippen molar-refractivity contribution in [2.24, 2.45) is 28.4 Å². The highest BCUT2D eigenvalue weighted by molar-refractivity contribution is 5.95. The van der Waals surface area contributed by atoms with Crippen LogP contribution in [0.2, 0.25) is 0 Å². The van der Waals surface area contributed by atoms with E-state index >= 15 is 0 Å². The number of anilines is 2. The molecule has 0 spiro atoms. The van der Waals surface area contributed by atoms with Crippen molar-refractivity contribution in [3.05, 3.63) is 59.7 Å². The molecule has 0 heterocycles. The predicted molar refractivity (Wildman–Crippen MR) is 125 cm³/mol. The highest BCUT2D eigenvalue weighted by Gasteiger charge is 2.51. The van der Waals surface area contributed by atoms with Gasteiger partial charge in [0.25, 0.3) is 0 Å². The molecule has 31 heavy (non-hydrogen) atoms. The SMILES string of the molecule is CC1(C)CC1C(=O)Nc1ccc(C(CN)c2ccc(NC(=O)C3CC3(C)C)cc2)cc1. The molecule has 0 aromatic heterocycles. The lowest BCUT2D eigenvalue weighted by atomic mass is 9.91. The van der Waals surface area contributed by atoms with Crippen LogP contribution in [0.15, 0.2) is 48.5 Å². The number of benzene rings is 2. The minimum Gasteiger partial charge on any atom is -0.330 e. The van der Waals surface area contributed by atoms with Gasteiger partial charge < -0.3 is 16.4 Å². The fourth-order valence-electron chi connectivity index (χ4n) is 4.35. The van der Waals surface area contributed by atoms with Crippen LogP contribution in [0.3, 0.4) is 0 Å². The van der Waals surface area contributed by atoms with Crippen molar-refractivity contribution in [3.8, 4) is 0 Å². The Hall–Kier alpha value is -2.66. The van der Waals surface area contributed by atoms with Crippen molar-refractivity contribution in [2.75, 3.05) is 17.2 Å². The average Bonchev–Trinajstić information content (AvgIpc) is 3.58. The van der Waals surface area contributed by atoms with E-state index in [-0.39, 0.29) is 40.4 Å². The van der Waals surface area contributed by atoms with Gasteiger partial charge in [-0.1, -0.05) is 52.0 Å². The number of rotatable bonds is 7. The van der Waals surface area contributed by atoms with E-state index < -0.39 is 0 Å². The monoisotopic (exact) mass is 419 g/mol. The first-order chi connectivity index (χ1) is 14.6. The molecule has 4 N–H and O–H groups in total. The summed E-state index contributed by atoms with van der Waals surface area (Å²) in [5.41, 5.74) is 10.2. The lowest BCUT2D eigenvalue weighted by Gasteiger charge is -2.17. The van der Waals surface area contributed by atoms with Crippen LogP contribution in [-0.4, -0.2) is 18.4 Å².